The van der Waals surface area contributed by atoms with Crippen molar-refractivity contribution in [2.45, 2.75) is 6.92 Å². The highest BCUT2D eigenvalue weighted by Gasteiger charge is 2.20. The monoisotopic (exact) mass is 429 g/mol. The molecule has 0 aliphatic heterocycles. The number of rotatable bonds is 5. The molecule has 0 atom stereocenters. The van der Waals surface area contributed by atoms with E-state index in [4.69, 9.17) is 28.9 Å². The van der Waals surface area contributed by atoms with E-state index in [1.807, 2.05) is 6.92 Å². The Hall–Kier alpha value is -3.50. The van der Waals surface area contributed by atoms with E-state index in [0.29, 0.717) is 21.6 Å². The van der Waals surface area contributed by atoms with Crippen LogP contribution in [0.1, 0.15) is 16.2 Å². The third kappa shape index (κ3) is 3.62. The lowest BCUT2D eigenvalue weighted by atomic mass is 10.3. The van der Waals surface area contributed by atoms with Gasteiger partial charge in [-0.3, -0.25) is 4.79 Å². The Labute approximate surface area is 174 Å². The van der Waals surface area contributed by atoms with Gasteiger partial charge in [-0.15, -0.1) is 20.1 Å². The first-order valence-electron chi connectivity index (χ1n) is 8.26. The number of para-hydroxylation sites is 1. The quantitative estimate of drug-likeness (QED) is 0.498. The molecule has 0 saturated carbocycles. The van der Waals surface area contributed by atoms with Gasteiger partial charge in [0.1, 0.15) is 11.5 Å². The van der Waals surface area contributed by atoms with Crippen molar-refractivity contribution in [3.63, 3.8) is 0 Å². The molecule has 0 bridgehead atoms. The molecule has 3 N–H and O–H groups in total. The minimum atomic E-state index is -0.767. The van der Waals surface area contributed by atoms with E-state index in [2.05, 4.69) is 30.8 Å². The number of aromatic nitrogens is 7. The Bertz CT molecular complexity index is 1180. The molecule has 1 aromatic carbocycles. The molecular formula is C17H13Cl2N9O. The highest BCUT2D eigenvalue weighted by atomic mass is 35.5. The van der Waals surface area contributed by atoms with Crippen LogP contribution in [0.3, 0.4) is 0 Å². The van der Waals surface area contributed by atoms with E-state index in [1.165, 1.54) is 0 Å². The molecule has 10 nitrogen and oxygen atoms in total. The van der Waals surface area contributed by atoms with Gasteiger partial charge in [-0.1, -0.05) is 34.5 Å². The summed E-state index contributed by atoms with van der Waals surface area (Å²) in [5, 5.41) is 19.8. The molecule has 146 valence electrons. The summed E-state index contributed by atoms with van der Waals surface area (Å²) in [5.41, 5.74) is 7.28. The van der Waals surface area contributed by atoms with Crippen molar-refractivity contribution in [3.05, 3.63) is 64.2 Å². The predicted octanol–water partition coefficient (Wildman–Crippen LogP) is 2.70. The molecule has 29 heavy (non-hydrogen) atoms. The van der Waals surface area contributed by atoms with Crippen LogP contribution >= 0.6 is 23.2 Å². The summed E-state index contributed by atoms with van der Waals surface area (Å²) < 4.78 is 1.64. The van der Waals surface area contributed by atoms with Crippen LogP contribution in [0.5, 0.6) is 0 Å². The number of anilines is 2. The Morgan fingerprint density at radius 3 is 2.45 bits per heavy atom. The summed E-state index contributed by atoms with van der Waals surface area (Å²) in [6, 6.07) is 8.44. The lowest BCUT2D eigenvalue weighted by Crippen LogP contribution is -2.14. The molecule has 0 aliphatic rings. The average Bonchev–Trinajstić information content (AvgIpc) is 3.29. The molecule has 0 saturated heterocycles. The first-order chi connectivity index (χ1) is 13.9. The first kappa shape index (κ1) is 18.8. The number of carbonyl (C=O) groups excluding carboxylic acids is 1. The first-order valence-corrected chi connectivity index (χ1v) is 9.02. The highest BCUT2D eigenvalue weighted by molar-refractivity contribution is 6.37. The fraction of sp³-hybridized carbons (Fsp3) is 0.0588. The zero-order valence-corrected chi connectivity index (χ0v) is 16.4. The number of hydrogen-bond acceptors (Lipinski definition) is 7. The molecule has 0 aliphatic carbocycles. The summed E-state index contributed by atoms with van der Waals surface area (Å²) >= 11 is 12.4. The largest absolute Gasteiger partial charge is 0.364 e. The molecule has 0 fully saturated rings. The zero-order valence-electron chi connectivity index (χ0n) is 14.9. The van der Waals surface area contributed by atoms with Crippen LogP contribution in [0.25, 0.3) is 11.4 Å². The summed E-state index contributed by atoms with van der Waals surface area (Å²) in [7, 11) is 0. The van der Waals surface area contributed by atoms with Gasteiger partial charge in [0.05, 0.1) is 33.8 Å². The number of benzene rings is 1. The number of primary amides is 1. The van der Waals surface area contributed by atoms with Crippen molar-refractivity contribution in [3.8, 4) is 11.4 Å². The summed E-state index contributed by atoms with van der Waals surface area (Å²) in [6.07, 6.45) is 3.24. The normalized spacial score (nSPS) is 10.9. The van der Waals surface area contributed by atoms with E-state index >= 15 is 0 Å². The SMILES string of the molecule is Cc1cnnn1-c1ccc(Nc2nn(-c3c(Cl)cccc3Cl)nc2C(N)=O)nc1. The van der Waals surface area contributed by atoms with E-state index in [9.17, 15) is 4.79 Å². The second-order valence-electron chi connectivity index (χ2n) is 5.94. The number of hydrogen-bond donors (Lipinski definition) is 2. The van der Waals surface area contributed by atoms with Crippen molar-refractivity contribution in [2.75, 3.05) is 5.32 Å². The van der Waals surface area contributed by atoms with Crippen LogP contribution in [0.2, 0.25) is 10.0 Å². The minimum absolute atomic E-state index is 0.0843. The molecule has 0 unspecified atom stereocenters. The van der Waals surface area contributed by atoms with Gasteiger partial charge in [0, 0.05) is 0 Å². The lowest BCUT2D eigenvalue weighted by Gasteiger charge is -2.06. The fourth-order valence-corrected chi connectivity index (χ4v) is 3.13. The van der Waals surface area contributed by atoms with E-state index in [0.717, 1.165) is 16.2 Å². The maximum absolute atomic E-state index is 11.8. The van der Waals surface area contributed by atoms with Gasteiger partial charge in [-0.2, -0.15) is 0 Å². The summed E-state index contributed by atoms with van der Waals surface area (Å²) in [4.78, 5) is 17.3. The van der Waals surface area contributed by atoms with Crippen molar-refractivity contribution < 1.29 is 4.79 Å². The fourth-order valence-electron chi connectivity index (χ4n) is 2.58. The third-order valence-electron chi connectivity index (χ3n) is 3.94. The maximum atomic E-state index is 11.8. The predicted molar refractivity (Wildman–Crippen MR) is 107 cm³/mol. The number of amides is 1. The van der Waals surface area contributed by atoms with Gasteiger partial charge in [-0.05, 0) is 31.2 Å². The van der Waals surface area contributed by atoms with Gasteiger partial charge < -0.3 is 11.1 Å². The van der Waals surface area contributed by atoms with Gasteiger partial charge in [-0.25, -0.2) is 9.67 Å². The molecule has 12 heteroatoms. The standard InChI is InChI=1S/C17H13Cl2N9O/c1-9-7-22-26-27(9)10-5-6-13(21-8-10)23-17-14(16(20)29)24-28(25-17)15-11(18)3-2-4-12(15)19/h2-8H,1H3,(H2,20,29)(H,21,23,25). The van der Waals surface area contributed by atoms with Crippen molar-refractivity contribution in [2.24, 2.45) is 5.73 Å². The molecule has 4 aromatic rings. The second-order valence-corrected chi connectivity index (χ2v) is 6.75. The van der Waals surface area contributed by atoms with Crippen LogP contribution in [0.15, 0.2) is 42.7 Å². The number of aryl methyl sites for hydroxylation is 1. The van der Waals surface area contributed by atoms with Gasteiger partial charge in [0.15, 0.2) is 11.5 Å². The molecule has 1 amide bonds. The number of carbonyl (C=O) groups is 1. The van der Waals surface area contributed by atoms with Crippen LogP contribution in [0, 0.1) is 6.92 Å². The number of nitrogens with two attached hydrogens (primary N) is 1. The summed E-state index contributed by atoms with van der Waals surface area (Å²) in [6.45, 7) is 1.88. The van der Waals surface area contributed by atoms with Crippen LogP contribution in [-0.4, -0.2) is 40.9 Å². The smallest absolute Gasteiger partial charge is 0.273 e. The van der Waals surface area contributed by atoms with E-state index in [1.54, 1.807) is 47.4 Å². The van der Waals surface area contributed by atoms with Crippen LogP contribution in [0.4, 0.5) is 11.6 Å². The van der Waals surface area contributed by atoms with Gasteiger partial charge in [0.2, 0.25) is 0 Å². The van der Waals surface area contributed by atoms with Crippen LogP contribution in [-0.2, 0) is 0 Å². The van der Waals surface area contributed by atoms with Gasteiger partial charge >= 0.3 is 0 Å². The van der Waals surface area contributed by atoms with Crippen molar-refractivity contribution >= 4 is 40.7 Å². The molecule has 0 radical (unpaired) electrons. The topological polar surface area (TPSA) is 129 Å². The van der Waals surface area contributed by atoms with Gasteiger partial charge in [0.25, 0.3) is 5.91 Å². The minimum Gasteiger partial charge on any atom is -0.364 e. The molecule has 3 heterocycles. The highest BCUT2D eigenvalue weighted by Crippen LogP contribution is 2.28. The Balaban J connectivity index is 1.67. The summed E-state index contributed by atoms with van der Waals surface area (Å²) in [5.74, 6) is -0.228. The van der Waals surface area contributed by atoms with Crippen molar-refractivity contribution in [1.82, 2.24) is 35.0 Å². The van der Waals surface area contributed by atoms with E-state index in [-0.39, 0.29) is 11.5 Å². The second kappa shape index (κ2) is 7.49. The number of halogens is 2. The van der Waals surface area contributed by atoms with E-state index < -0.39 is 5.91 Å². The molecular weight excluding hydrogens is 417 g/mol. The molecule has 0 spiro atoms. The third-order valence-corrected chi connectivity index (χ3v) is 4.55. The lowest BCUT2D eigenvalue weighted by molar-refractivity contribution is 0.0996. The van der Waals surface area contributed by atoms with Crippen molar-refractivity contribution in [1.29, 1.82) is 0 Å². The molecule has 4 rings (SSSR count). The number of nitrogens with one attached hydrogen (secondary N) is 1. The Morgan fingerprint density at radius 1 is 1.10 bits per heavy atom. The number of nitrogens with zero attached hydrogens (tertiary/aromatic N) is 7. The Morgan fingerprint density at radius 2 is 1.86 bits per heavy atom. The maximum Gasteiger partial charge on any atom is 0.273 e. The van der Waals surface area contributed by atoms with Crippen LogP contribution < -0.4 is 11.1 Å². The zero-order chi connectivity index (χ0) is 20.5. The average molecular weight is 430 g/mol. The number of pyridine rings is 1. The molecule has 3 aromatic heterocycles. The Kier molecular flexibility index (Phi) is 4.87.